The minimum Gasteiger partial charge on any atom is -0.456 e. The molecule has 0 amide bonds. The summed E-state index contributed by atoms with van der Waals surface area (Å²) in [5.74, 6) is 3.84. The van der Waals surface area contributed by atoms with Gasteiger partial charge in [-0.15, -0.1) is 0 Å². The molecule has 0 bridgehead atoms. The molecule has 0 unspecified atom stereocenters. The fraction of sp³-hybridized carbons (Fsp3) is 0. The van der Waals surface area contributed by atoms with Gasteiger partial charge in [-0.25, -0.2) is 29.9 Å². The van der Waals surface area contributed by atoms with Crippen LogP contribution in [0.1, 0.15) is 0 Å². The standard InChI is InChI=1S/C48H32N4.C42H27N3O.C42H27N3S/c1-4-16-33(17-5-1)41-32-42(50-48(49-41)35-18-6-2-7-19-35)34-28-30-37(31-29-34)51-43-25-13-10-22-38(43)46-39-23-11-14-26-44(39)52(36-20-8-3-9-21-36)47(46)40-24-12-15-27-45(40)51;2*1-3-13-28(14-4-1)35-27-36(44-42(43-35)30-15-5-2-6-16-30)29-23-25-31(26-24-29)45-37-20-10-7-17-32(37)40-33-18-8-11-21-38(33)46-39-22-12-9-19-34(39)41(40)45/h1-32H;2*1-27H. The van der Waals surface area contributed by atoms with E-state index in [0.717, 1.165) is 158 Å². The van der Waals surface area contributed by atoms with Crippen molar-refractivity contribution in [2.24, 2.45) is 0 Å². The fourth-order valence-electron chi connectivity index (χ4n) is 20.7. The van der Waals surface area contributed by atoms with Crippen LogP contribution in [-0.4, -0.2) is 43.6 Å². The van der Waals surface area contributed by atoms with Crippen LogP contribution in [-0.2, 0) is 0 Å². The predicted molar refractivity (Wildman–Crippen MR) is 591 cm³/mol. The van der Waals surface area contributed by atoms with Gasteiger partial charge < -0.3 is 23.3 Å². The van der Waals surface area contributed by atoms with Crippen molar-refractivity contribution < 1.29 is 4.74 Å². The molecule has 19 aromatic carbocycles. The molecule has 3 aliphatic heterocycles. The second kappa shape index (κ2) is 37.1. The number of rotatable bonds is 13. The van der Waals surface area contributed by atoms with Crippen molar-refractivity contribution in [1.82, 2.24) is 43.6 Å². The molecular weight excluding hydrogens is 1770 g/mol. The van der Waals surface area contributed by atoms with Gasteiger partial charge in [0.05, 0.1) is 79.2 Å². The van der Waals surface area contributed by atoms with E-state index in [0.29, 0.717) is 11.6 Å². The quantitative estimate of drug-likeness (QED) is 0.112. The summed E-state index contributed by atoms with van der Waals surface area (Å²) in [6, 6.07) is 183. The molecule has 0 radical (unpaired) electrons. The molecule has 0 saturated heterocycles. The summed E-state index contributed by atoms with van der Waals surface area (Å²) in [7, 11) is 0. The molecule has 0 N–H and O–H groups in total. The van der Waals surface area contributed by atoms with Crippen molar-refractivity contribution in [1.29, 1.82) is 0 Å². The van der Waals surface area contributed by atoms with Crippen LogP contribution >= 0.6 is 11.8 Å². The number of para-hydroxylation sites is 8. The lowest BCUT2D eigenvalue weighted by molar-refractivity contribution is 0.487. The van der Waals surface area contributed by atoms with Crippen molar-refractivity contribution in [3.63, 3.8) is 0 Å². The first kappa shape index (κ1) is 85.4. The van der Waals surface area contributed by atoms with Crippen LogP contribution in [0.5, 0.6) is 11.5 Å². The summed E-state index contributed by atoms with van der Waals surface area (Å²) < 4.78 is 13.8. The average Bonchev–Trinajstić information content (AvgIpc) is 1.56. The van der Waals surface area contributed by atoms with Gasteiger partial charge in [-0.1, -0.05) is 406 Å². The number of anilines is 3. The van der Waals surface area contributed by atoms with Crippen molar-refractivity contribution >= 4 is 61.5 Å². The molecule has 0 atom stereocenters. The lowest BCUT2D eigenvalue weighted by Crippen LogP contribution is -2.11. The smallest absolute Gasteiger partial charge is 0.160 e. The number of nitrogens with zero attached hydrogens (tertiary/aromatic N) is 10. The Hall–Kier alpha value is -19.0. The minimum absolute atomic E-state index is 0.707. The van der Waals surface area contributed by atoms with Crippen molar-refractivity contribution in [3.05, 3.63) is 522 Å². The molecule has 12 heteroatoms. The van der Waals surface area contributed by atoms with E-state index >= 15 is 0 Å². The van der Waals surface area contributed by atoms with Gasteiger partial charge >= 0.3 is 0 Å². The maximum Gasteiger partial charge on any atom is 0.160 e. The van der Waals surface area contributed by atoms with Crippen LogP contribution in [0.25, 0.3) is 219 Å². The zero-order chi connectivity index (χ0) is 95.3. The molecule has 11 nitrogen and oxygen atoms in total. The minimum atomic E-state index is 0.707. The number of aromatic nitrogens is 9. The Kier molecular flexibility index (Phi) is 22.0. The lowest BCUT2D eigenvalue weighted by Gasteiger charge is -2.27. The van der Waals surface area contributed by atoms with E-state index < -0.39 is 0 Å². The van der Waals surface area contributed by atoms with Crippen molar-refractivity contribution in [2.45, 2.75) is 9.79 Å². The second-order valence-corrected chi connectivity index (χ2v) is 36.9. The van der Waals surface area contributed by atoms with Crippen LogP contribution in [0.4, 0.5) is 17.1 Å². The van der Waals surface area contributed by atoms with Crippen LogP contribution in [0.15, 0.2) is 531 Å². The third-order valence-corrected chi connectivity index (χ3v) is 28.4. The Morgan fingerprint density at radius 3 is 0.854 bits per heavy atom. The maximum atomic E-state index is 6.53. The SMILES string of the molecule is c1ccc(-c2cc(-c3ccc(-n4c5c(c6ccccc64)-c4ccccc4Oc4ccccc4-5)cc3)nc(-c3ccccc3)n2)cc1.c1ccc(-c2cc(-c3ccc(-n4c5c(c6ccccc64)-c4ccccc4Sc4ccccc4-5)cc3)nc(-c3ccccc3)n2)cc1.c1ccc(-c2cc(-c3ccc(N4c5ccccc5-c5c(n(-c6ccccc6)c6ccccc56)-c5ccccc54)cc3)nc(-c3ccccc3)n2)cc1. The molecule has 0 spiro atoms. The van der Waals surface area contributed by atoms with E-state index in [2.05, 4.69) is 419 Å². The first-order chi connectivity index (χ1) is 71.4. The Balaban J connectivity index is 0.000000110. The molecule has 144 heavy (non-hydrogen) atoms. The maximum absolute atomic E-state index is 6.53. The topological polar surface area (TPSA) is 105 Å². The van der Waals surface area contributed by atoms with E-state index in [9.17, 15) is 0 Å². The molecular formula is C132H86N10OS. The highest BCUT2D eigenvalue weighted by Crippen LogP contribution is 2.58. The van der Waals surface area contributed by atoms with Gasteiger partial charge in [0.2, 0.25) is 0 Å². The summed E-state index contributed by atoms with van der Waals surface area (Å²) in [6.07, 6.45) is 0. The molecule has 3 aliphatic rings. The first-order valence-electron chi connectivity index (χ1n) is 48.5. The number of benzene rings is 19. The number of hydrogen-bond acceptors (Lipinski definition) is 9. The number of fused-ring (bicyclic) bond motifs is 21. The van der Waals surface area contributed by atoms with Gasteiger partial charge in [-0.2, -0.15) is 0 Å². The van der Waals surface area contributed by atoms with Crippen molar-refractivity contribution in [2.75, 3.05) is 4.90 Å². The molecule has 25 aromatic rings. The van der Waals surface area contributed by atoms with E-state index in [1.807, 2.05) is 133 Å². The Bertz CT molecular complexity index is 8640. The second-order valence-electron chi connectivity index (χ2n) is 35.8. The van der Waals surface area contributed by atoms with E-state index in [4.69, 9.17) is 34.6 Å². The summed E-state index contributed by atoms with van der Waals surface area (Å²) >= 11 is 1.85. The summed E-state index contributed by atoms with van der Waals surface area (Å²) in [5.41, 5.74) is 39.1. The van der Waals surface area contributed by atoms with Gasteiger partial charge in [-0.05, 0) is 133 Å². The Labute approximate surface area is 837 Å². The van der Waals surface area contributed by atoms with E-state index in [-0.39, 0.29) is 0 Å². The zero-order valence-electron chi connectivity index (χ0n) is 77.9. The summed E-state index contributed by atoms with van der Waals surface area (Å²) in [5, 5.41) is 3.67. The molecule has 9 heterocycles. The molecule has 0 saturated carbocycles. The van der Waals surface area contributed by atoms with E-state index in [1.54, 1.807) is 0 Å². The molecule has 28 rings (SSSR count). The van der Waals surface area contributed by atoms with Crippen molar-refractivity contribution in [3.8, 4) is 197 Å². The van der Waals surface area contributed by atoms with Gasteiger partial charge in [0.15, 0.2) is 17.5 Å². The normalized spacial score (nSPS) is 11.8. The largest absolute Gasteiger partial charge is 0.456 e. The van der Waals surface area contributed by atoms with E-state index in [1.165, 1.54) is 87.3 Å². The lowest BCUT2D eigenvalue weighted by atomic mass is 9.98. The van der Waals surface area contributed by atoms with Crippen LogP contribution in [0.2, 0.25) is 0 Å². The number of ether oxygens (including phenoxy) is 1. The highest BCUT2D eigenvalue weighted by molar-refractivity contribution is 7.99. The van der Waals surface area contributed by atoms with Gasteiger partial charge in [0, 0.05) is 143 Å². The van der Waals surface area contributed by atoms with Gasteiger partial charge in [-0.3, -0.25) is 0 Å². The number of hydrogen-bond donors (Lipinski definition) is 0. The molecule has 0 aliphatic carbocycles. The zero-order valence-corrected chi connectivity index (χ0v) is 78.8. The summed E-state index contributed by atoms with van der Waals surface area (Å²) in [6.45, 7) is 0. The molecule has 6 aromatic heterocycles. The Morgan fingerprint density at radius 2 is 0.438 bits per heavy atom. The average molecular weight is 1860 g/mol. The third kappa shape index (κ3) is 15.6. The van der Waals surface area contributed by atoms with Gasteiger partial charge in [0.25, 0.3) is 0 Å². The van der Waals surface area contributed by atoms with Crippen LogP contribution in [0, 0.1) is 0 Å². The fourth-order valence-corrected chi connectivity index (χ4v) is 21.7. The highest BCUT2D eigenvalue weighted by Gasteiger charge is 2.35. The van der Waals surface area contributed by atoms with Crippen LogP contribution in [0.3, 0.4) is 0 Å². The monoisotopic (exact) mass is 1860 g/mol. The van der Waals surface area contributed by atoms with Gasteiger partial charge in [0.1, 0.15) is 11.5 Å². The highest BCUT2D eigenvalue weighted by atomic mass is 32.2. The first-order valence-corrected chi connectivity index (χ1v) is 49.3. The Morgan fingerprint density at radius 1 is 0.181 bits per heavy atom. The molecule has 0 fully saturated rings. The van der Waals surface area contributed by atoms with Crippen LogP contribution < -0.4 is 9.64 Å². The molecule has 676 valence electrons. The predicted octanol–water partition coefficient (Wildman–Crippen LogP) is 34.6. The third-order valence-electron chi connectivity index (χ3n) is 27.2. The summed E-state index contributed by atoms with van der Waals surface area (Å²) in [4.78, 5) is 35.1.